The fourth-order valence-electron chi connectivity index (χ4n) is 2.29. The third-order valence-corrected chi connectivity index (χ3v) is 4.34. The second-order valence-corrected chi connectivity index (χ2v) is 6.80. The quantitative estimate of drug-likeness (QED) is 0.874. The number of benzene rings is 1. The molecular formula is C17H23N3OS. The summed E-state index contributed by atoms with van der Waals surface area (Å²) in [6.45, 7) is 6.32. The first-order chi connectivity index (χ1) is 10.5. The van der Waals surface area contributed by atoms with Crippen LogP contribution in [0.2, 0.25) is 0 Å². The monoisotopic (exact) mass is 317 g/mol. The number of nitrogens with one attached hydrogen (secondary N) is 1. The zero-order valence-electron chi connectivity index (χ0n) is 13.6. The molecule has 5 heteroatoms. The van der Waals surface area contributed by atoms with Gasteiger partial charge in [-0.25, -0.2) is 0 Å². The lowest BCUT2D eigenvalue weighted by atomic mass is 10.1. The number of carbonyl (C=O) groups is 1. The van der Waals surface area contributed by atoms with Crippen molar-refractivity contribution in [2.75, 3.05) is 11.1 Å². The normalized spacial score (nSPS) is 11.0. The average molecular weight is 317 g/mol. The van der Waals surface area contributed by atoms with Gasteiger partial charge in [-0.1, -0.05) is 32.9 Å². The van der Waals surface area contributed by atoms with Gasteiger partial charge in [-0.3, -0.25) is 9.48 Å². The second kappa shape index (κ2) is 7.49. The summed E-state index contributed by atoms with van der Waals surface area (Å²) in [6, 6.07) is 9.84. The first-order valence-electron chi connectivity index (χ1n) is 7.53. The van der Waals surface area contributed by atoms with Gasteiger partial charge < -0.3 is 5.32 Å². The van der Waals surface area contributed by atoms with Crippen LogP contribution in [-0.4, -0.2) is 21.4 Å². The molecule has 2 rings (SSSR count). The number of hydrogen-bond acceptors (Lipinski definition) is 3. The fraction of sp³-hybridized carbons (Fsp3) is 0.412. The van der Waals surface area contributed by atoms with E-state index in [1.54, 1.807) is 4.68 Å². The Bertz CT molecular complexity index is 649. The number of rotatable bonds is 6. The molecule has 0 saturated carbocycles. The van der Waals surface area contributed by atoms with Crippen molar-refractivity contribution in [1.29, 1.82) is 0 Å². The highest BCUT2D eigenvalue weighted by Crippen LogP contribution is 2.18. The van der Waals surface area contributed by atoms with Gasteiger partial charge in [0.2, 0.25) is 0 Å². The molecule has 4 nitrogen and oxygen atoms in total. The first-order valence-corrected chi connectivity index (χ1v) is 8.68. The van der Waals surface area contributed by atoms with Crippen molar-refractivity contribution in [3.05, 3.63) is 47.3 Å². The summed E-state index contributed by atoms with van der Waals surface area (Å²) < 4.78 is 1.77. The molecule has 0 spiro atoms. The third kappa shape index (κ3) is 4.13. The molecule has 1 aromatic carbocycles. The maximum Gasteiger partial charge on any atom is 0.276 e. The predicted molar refractivity (Wildman–Crippen MR) is 93.5 cm³/mol. The molecule has 1 heterocycles. The maximum absolute atomic E-state index is 12.3. The van der Waals surface area contributed by atoms with Crippen molar-refractivity contribution in [3.8, 4) is 0 Å². The predicted octanol–water partition coefficient (Wildman–Crippen LogP) is 4.05. The van der Waals surface area contributed by atoms with Crippen molar-refractivity contribution < 1.29 is 4.79 Å². The molecule has 0 unspecified atom stereocenters. The largest absolute Gasteiger partial charge is 0.321 e. The number of amides is 1. The second-order valence-electron chi connectivity index (χ2n) is 5.52. The Morgan fingerprint density at radius 2 is 2.14 bits per heavy atom. The van der Waals surface area contributed by atoms with Crippen LogP contribution >= 0.6 is 11.8 Å². The van der Waals surface area contributed by atoms with E-state index < -0.39 is 0 Å². The minimum Gasteiger partial charge on any atom is -0.321 e. The van der Waals surface area contributed by atoms with Gasteiger partial charge in [0.1, 0.15) is 0 Å². The zero-order chi connectivity index (χ0) is 16.1. The Kier molecular flexibility index (Phi) is 5.66. The Morgan fingerprint density at radius 3 is 2.77 bits per heavy atom. The minimum atomic E-state index is -0.164. The number of nitrogens with zero attached hydrogens (tertiary/aromatic N) is 2. The summed E-state index contributed by atoms with van der Waals surface area (Å²) in [7, 11) is 1.87. The summed E-state index contributed by atoms with van der Waals surface area (Å²) in [5, 5.41) is 7.23. The van der Waals surface area contributed by atoms with E-state index >= 15 is 0 Å². The number of aryl methyl sites for hydroxylation is 1. The van der Waals surface area contributed by atoms with Gasteiger partial charge in [0.05, 0.1) is 0 Å². The molecule has 0 atom stereocenters. The maximum atomic E-state index is 12.3. The van der Waals surface area contributed by atoms with E-state index in [-0.39, 0.29) is 5.91 Å². The minimum absolute atomic E-state index is 0.164. The summed E-state index contributed by atoms with van der Waals surface area (Å²) in [6.07, 6.45) is 0. The van der Waals surface area contributed by atoms with Crippen LogP contribution in [0.15, 0.2) is 30.3 Å². The molecule has 118 valence electrons. The van der Waals surface area contributed by atoms with Crippen molar-refractivity contribution in [3.63, 3.8) is 0 Å². The van der Waals surface area contributed by atoms with E-state index in [0.717, 1.165) is 22.9 Å². The summed E-state index contributed by atoms with van der Waals surface area (Å²) in [5.41, 5.74) is 3.54. The molecule has 0 radical (unpaired) electrons. The highest BCUT2D eigenvalue weighted by atomic mass is 32.2. The lowest BCUT2D eigenvalue weighted by Crippen LogP contribution is -2.13. The summed E-state index contributed by atoms with van der Waals surface area (Å²) in [5.74, 6) is 2.22. The van der Waals surface area contributed by atoms with Gasteiger partial charge >= 0.3 is 0 Å². The summed E-state index contributed by atoms with van der Waals surface area (Å²) >= 11 is 1.87. The van der Waals surface area contributed by atoms with Gasteiger partial charge in [-0.15, -0.1) is 0 Å². The van der Waals surface area contributed by atoms with Crippen LogP contribution in [0, 0.1) is 0 Å². The van der Waals surface area contributed by atoms with Crippen molar-refractivity contribution >= 4 is 23.4 Å². The molecule has 0 aliphatic carbocycles. The highest BCUT2D eigenvalue weighted by molar-refractivity contribution is 7.98. The number of hydrogen-bond donors (Lipinski definition) is 1. The number of aromatic nitrogens is 2. The Hall–Kier alpha value is -1.75. The summed E-state index contributed by atoms with van der Waals surface area (Å²) in [4.78, 5) is 12.3. The molecule has 2 aromatic rings. The van der Waals surface area contributed by atoms with E-state index in [4.69, 9.17) is 0 Å². The molecule has 1 aromatic heterocycles. The van der Waals surface area contributed by atoms with E-state index in [0.29, 0.717) is 11.6 Å². The van der Waals surface area contributed by atoms with Crippen LogP contribution in [0.1, 0.15) is 48.4 Å². The van der Waals surface area contributed by atoms with Crippen molar-refractivity contribution in [1.82, 2.24) is 9.78 Å². The van der Waals surface area contributed by atoms with Gasteiger partial charge in [-0.2, -0.15) is 16.9 Å². The van der Waals surface area contributed by atoms with Crippen LogP contribution in [0.5, 0.6) is 0 Å². The Labute approximate surface area is 136 Å². The third-order valence-electron chi connectivity index (χ3n) is 3.40. The van der Waals surface area contributed by atoms with Crippen LogP contribution < -0.4 is 5.32 Å². The number of thioether (sulfide) groups is 1. The number of anilines is 1. The Balaban J connectivity index is 2.10. The van der Waals surface area contributed by atoms with Gasteiger partial charge in [-0.05, 0) is 35.4 Å². The topological polar surface area (TPSA) is 46.9 Å². The SMILES string of the molecule is CCSCc1cccc(NC(=O)c2cc(C(C)C)n(C)n2)c1. The van der Waals surface area contributed by atoms with E-state index in [9.17, 15) is 4.79 Å². The molecule has 22 heavy (non-hydrogen) atoms. The van der Waals surface area contributed by atoms with Crippen molar-refractivity contribution in [2.24, 2.45) is 7.05 Å². The molecular weight excluding hydrogens is 294 g/mol. The van der Waals surface area contributed by atoms with Crippen LogP contribution in [0.3, 0.4) is 0 Å². The fourth-order valence-corrected chi connectivity index (χ4v) is 2.91. The molecule has 1 amide bonds. The first kappa shape index (κ1) is 16.6. The molecule has 0 aliphatic heterocycles. The molecule has 0 saturated heterocycles. The molecule has 0 aliphatic rings. The van der Waals surface area contributed by atoms with Gasteiger partial charge in [0, 0.05) is 24.2 Å². The smallest absolute Gasteiger partial charge is 0.276 e. The standard InChI is InChI=1S/C17H23N3OS/c1-5-22-11-13-7-6-8-14(9-13)18-17(21)15-10-16(12(2)3)20(4)19-15/h6-10,12H,5,11H2,1-4H3,(H,18,21). The van der Waals surface area contributed by atoms with Crippen LogP contribution in [0.25, 0.3) is 0 Å². The van der Waals surface area contributed by atoms with Gasteiger partial charge in [0.25, 0.3) is 5.91 Å². The van der Waals surface area contributed by atoms with E-state index in [1.165, 1.54) is 5.56 Å². The molecule has 0 bridgehead atoms. The van der Waals surface area contributed by atoms with E-state index in [2.05, 4.69) is 37.3 Å². The lowest BCUT2D eigenvalue weighted by Gasteiger charge is -2.06. The highest BCUT2D eigenvalue weighted by Gasteiger charge is 2.14. The number of carbonyl (C=O) groups excluding carboxylic acids is 1. The molecule has 0 fully saturated rings. The lowest BCUT2D eigenvalue weighted by molar-refractivity contribution is 0.102. The van der Waals surface area contributed by atoms with Crippen LogP contribution in [-0.2, 0) is 12.8 Å². The average Bonchev–Trinajstić information content (AvgIpc) is 2.88. The van der Waals surface area contributed by atoms with Crippen LogP contribution in [0.4, 0.5) is 5.69 Å². The van der Waals surface area contributed by atoms with Crippen molar-refractivity contribution in [2.45, 2.75) is 32.4 Å². The molecule has 1 N–H and O–H groups in total. The van der Waals surface area contributed by atoms with E-state index in [1.807, 2.05) is 43.1 Å². The Morgan fingerprint density at radius 1 is 1.36 bits per heavy atom. The van der Waals surface area contributed by atoms with Gasteiger partial charge in [0.15, 0.2) is 5.69 Å². The zero-order valence-corrected chi connectivity index (χ0v) is 14.4.